The number of carbonyl (C=O) groups is 1. The number of pyridine rings is 2. The first kappa shape index (κ1) is 21.0. The molecule has 32 heavy (non-hydrogen) atoms. The number of ether oxygens (including phenoxy) is 1. The molecule has 9 nitrogen and oxygen atoms in total. The summed E-state index contributed by atoms with van der Waals surface area (Å²) in [6.07, 6.45) is 0.00960. The molecule has 1 aromatic carbocycles. The summed E-state index contributed by atoms with van der Waals surface area (Å²) in [5.41, 5.74) is 1.15. The van der Waals surface area contributed by atoms with Crippen molar-refractivity contribution in [2.24, 2.45) is 0 Å². The number of cyclic esters (lactones) is 1. The largest absolute Gasteiger partial charge is 0.458 e. The Morgan fingerprint density at radius 3 is 2.81 bits per heavy atom. The van der Waals surface area contributed by atoms with E-state index in [2.05, 4.69) is 5.09 Å². The molecule has 0 aliphatic carbocycles. The van der Waals surface area contributed by atoms with Crippen molar-refractivity contribution >= 4 is 24.6 Å². The molecule has 2 N–H and O–H groups in total. The highest BCUT2D eigenvalue weighted by molar-refractivity contribution is 7.50. The third-order valence-electron chi connectivity index (χ3n) is 6.02. The summed E-state index contributed by atoms with van der Waals surface area (Å²) in [6.45, 7) is 3.57. The minimum atomic E-state index is -4.34. The lowest BCUT2D eigenvalue weighted by Gasteiger charge is -2.36. The summed E-state index contributed by atoms with van der Waals surface area (Å²) in [4.78, 5) is 41.3. The highest BCUT2D eigenvalue weighted by Crippen LogP contribution is 2.50. The van der Waals surface area contributed by atoms with Crippen molar-refractivity contribution in [1.29, 1.82) is 0 Å². The van der Waals surface area contributed by atoms with Crippen LogP contribution in [-0.2, 0) is 37.4 Å². The molecular weight excluding hydrogens is 433 g/mol. The molecule has 4 heterocycles. The minimum Gasteiger partial charge on any atom is -0.458 e. The second-order valence-electron chi connectivity index (χ2n) is 7.88. The van der Waals surface area contributed by atoms with Crippen molar-refractivity contribution in [2.45, 2.75) is 39.0 Å². The van der Waals surface area contributed by atoms with Crippen LogP contribution >= 0.6 is 7.75 Å². The summed E-state index contributed by atoms with van der Waals surface area (Å²) in [7, 11) is -4.34. The number of esters is 1. The predicted octanol–water partition coefficient (Wildman–Crippen LogP) is 2.81. The van der Waals surface area contributed by atoms with Crippen LogP contribution in [0.4, 0.5) is 0 Å². The Morgan fingerprint density at radius 1 is 1.28 bits per heavy atom. The fraction of sp³-hybridized carbons (Fsp3) is 0.318. The van der Waals surface area contributed by atoms with Crippen molar-refractivity contribution < 1.29 is 23.5 Å². The van der Waals surface area contributed by atoms with E-state index in [-0.39, 0.29) is 36.3 Å². The van der Waals surface area contributed by atoms with E-state index in [9.17, 15) is 19.0 Å². The van der Waals surface area contributed by atoms with Gasteiger partial charge in [0.05, 0.1) is 29.0 Å². The highest BCUT2D eigenvalue weighted by Gasteiger charge is 2.51. The Labute approximate surface area is 183 Å². The molecule has 0 radical (unpaired) electrons. The Morgan fingerprint density at radius 2 is 2.06 bits per heavy atom. The molecule has 3 aromatic rings. The zero-order chi connectivity index (χ0) is 22.7. The third-order valence-corrected chi connectivity index (χ3v) is 7.30. The molecule has 2 aromatic heterocycles. The van der Waals surface area contributed by atoms with Gasteiger partial charge >= 0.3 is 13.7 Å². The van der Waals surface area contributed by atoms with Gasteiger partial charge in [-0.1, -0.05) is 32.0 Å². The van der Waals surface area contributed by atoms with E-state index in [1.807, 2.05) is 30.3 Å². The summed E-state index contributed by atoms with van der Waals surface area (Å²) < 4.78 is 25.0. The summed E-state index contributed by atoms with van der Waals surface area (Å²) >= 11 is 0. The summed E-state index contributed by atoms with van der Waals surface area (Å²) in [6, 6.07) is 11.4. The molecule has 2 atom stereocenters. The van der Waals surface area contributed by atoms with Crippen molar-refractivity contribution in [3.05, 3.63) is 63.4 Å². The van der Waals surface area contributed by atoms with Crippen molar-refractivity contribution in [2.75, 3.05) is 6.54 Å². The number of nitrogens with zero attached hydrogens (tertiary/aromatic N) is 2. The molecule has 5 rings (SSSR count). The first-order valence-corrected chi connectivity index (χ1v) is 12.0. The van der Waals surface area contributed by atoms with Crippen molar-refractivity contribution in [1.82, 2.24) is 14.6 Å². The van der Waals surface area contributed by atoms with Gasteiger partial charge in [0, 0.05) is 23.1 Å². The lowest BCUT2D eigenvalue weighted by Crippen LogP contribution is -2.46. The maximum atomic E-state index is 13.4. The van der Waals surface area contributed by atoms with E-state index >= 15 is 0 Å². The monoisotopic (exact) mass is 455 g/mol. The van der Waals surface area contributed by atoms with Crippen LogP contribution in [0.3, 0.4) is 0 Å². The molecule has 166 valence electrons. The Hall–Kier alpha value is -2.84. The lowest BCUT2D eigenvalue weighted by molar-refractivity contribution is -0.169. The van der Waals surface area contributed by atoms with Gasteiger partial charge in [-0.3, -0.25) is 9.32 Å². The van der Waals surface area contributed by atoms with Gasteiger partial charge in [-0.15, -0.1) is 0 Å². The van der Waals surface area contributed by atoms with Crippen molar-refractivity contribution in [3.63, 3.8) is 0 Å². The standard InChI is InChI=1S/C22H22N3O6P/c1-3-22(31-32(28,29)23-4-2)16-10-18-19-14(9-13-7-5-6-8-17(13)24-19)11-25(18)20(26)15(16)12-30-21(22)27/h5-10H,3-4,11-12H2,1-2H3,(H2,23,28,29)/t22-/m0/s1. The Balaban J connectivity index is 1.74. The first-order valence-electron chi connectivity index (χ1n) is 10.4. The number of hydrogen-bond donors (Lipinski definition) is 2. The van der Waals surface area contributed by atoms with E-state index in [0.29, 0.717) is 17.9 Å². The van der Waals surface area contributed by atoms with Gasteiger partial charge in [-0.2, -0.15) is 0 Å². The maximum absolute atomic E-state index is 13.4. The van der Waals surface area contributed by atoms with Gasteiger partial charge in [0.25, 0.3) is 5.56 Å². The van der Waals surface area contributed by atoms with Crippen LogP contribution in [0, 0.1) is 0 Å². The average molecular weight is 455 g/mol. The number of hydrogen-bond acceptors (Lipinski definition) is 6. The van der Waals surface area contributed by atoms with Crippen LogP contribution in [0.5, 0.6) is 0 Å². The van der Waals surface area contributed by atoms with E-state index in [4.69, 9.17) is 14.2 Å². The van der Waals surface area contributed by atoms with E-state index in [1.165, 1.54) is 0 Å². The number of benzene rings is 1. The number of fused-ring (bicyclic) bond motifs is 5. The topological polar surface area (TPSA) is 120 Å². The number of aromatic nitrogens is 2. The molecule has 0 bridgehead atoms. The smallest absolute Gasteiger partial charge is 0.404 e. The van der Waals surface area contributed by atoms with Crippen molar-refractivity contribution in [3.8, 4) is 11.4 Å². The SMILES string of the molecule is CCNP(=O)(O)O[C@]1(CC)C(=O)OCc2c1cc1n(c2=O)Cc2cc3ccccc3nc2-1. The van der Waals surface area contributed by atoms with Crippen LogP contribution in [0.1, 0.15) is 37.0 Å². The zero-order valence-electron chi connectivity index (χ0n) is 17.6. The number of nitrogens with one attached hydrogen (secondary N) is 1. The van der Waals surface area contributed by atoms with Gasteiger partial charge in [0.1, 0.15) is 6.61 Å². The van der Waals surface area contributed by atoms with Crippen LogP contribution in [0.15, 0.2) is 41.2 Å². The fourth-order valence-corrected chi connectivity index (χ4v) is 5.70. The molecule has 0 saturated carbocycles. The fourth-order valence-electron chi connectivity index (χ4n) is 4.51. The van der Waals surface area contributed by atoms with Crippen LogP contribution in [0.2, 0.25) is 0 Å². The second kappa shape index (κ2) is 7.35. The molecule has 0 amide bonds. The van der Waals surface area contributed by atoms with Crippen LogP contribution < -0.4 is 10.6 Å². The molecule has 10 heteroatoms. The summed E-state index contributed by atoms with van der Waals surface area (Å²) in [5.74, 6) is -0.797. The Kier molecular flexibility index (Phi) is 4.83. The third kappa shape index (κ3) is 3.04. The number of carbonyl (C=O) groups excluding carboxylic acids is 1. The predicted molar refractivity (Wildman–Crippen MR) is 117 cm³/mol. The molecule has 0 spiro atoms. The van der Waals surface area contributed by atoms with Crippen LogP contribution in [-0.4, -0.2) is 27.0 Å². The van der Waals surface area contributed by atoms with E-state index in [0.717, 1.165) is 16.5 Å². The molecule has 2 aliphatic heterocycles. The minimum absolute atomic E-state index is 0.00960. The first-order chi connectivity index (χ1) is 15.3. The summed E-state index contributed by atoms with van der Waals surface area (Å²) in [5, 5.41) is 3.33. The number of para-hydroxylation sites is 1. The number of rotatable bonds is 5. The van der Waals surface area contributed by atoms with Gasteiger partial charge in [0.15, 0.2) is 0 Å². The lowest BCUT2D eigenvalue weighted by atomic mass is 9.86. The molecule has 0 saturated heterocycles. The normalized spacial score (nSPS) is 20.9. The van der Waals surface area contributed by atoms with Gasteiger partial charge in [-0.25, -0.2) is 19.4 Å². The zero-order valence-corrected chi connectivity index (χ0v) is 18.5. The molecule has 1 unspecified atom stereocenters. The molecule has 2 aliphatic rings. The van der Waals surface area contributed by atoms with E-state index in [1.54, 1.807) is 24.5 Å². The second-order valence-corrected chi connectivity index (χ2v) is 9.42. The molecular formula is C22H22N3O6P. The van der Waals surface area contributed by atoms with Gasteiger partial charge < -0.3 is 14.2 Å². The van der Waals surface area contributed by atoms with Gasteiger partial charge in [0.2, 0.25) is 5.60 Å². The maximum Gasteiger partial charge on any atom is 0.404 e. The van der Waals surface area contributed by atoms with Crippen LogP contribution in [0.25, 0.3) is 22.3 Å². The quantitative estimate of drug-likeness (QED) is 0.348. The highest BCUT2D eigenvalue weighted by atomic mass is 31.2. The Bertz CT molecular complexity index is 1380. The average Bonchev–Trinajstić information content (AvgIpc) is 3.12. The molecule has 0 fully saturated rings. The van der Waals surface area contributed by atoms with E-state index < -0.39 is 19.3 Å². The van der Waals surface area contributed by atoms with Gasteiger partial charge in [-0.05, 0) is 24.6 Å².